The first-order valence-electron chi connectivity index (χ1n) is 22.2. The maximum Gasteiger partial charge on any atom is 0.246 e. The quantitative estimate of drug-likeness (QED) is 0.0636. The molecule has 12 nitrogen and oxygen atoms in total. The second-order valence-corrected chi connectivity index (χ2v) is 19.3. The van der Waals surface area contributed by atoms with E-state index in [0.29, 0.717) is 75.9 Å². The van der Waals surface area contributed by atoms with Gasteiger partial charge in [0.1, 0.15) is 41.8 Å². The van der Waals surface area contributed by atoms with E-state index in [-0.39, 0.29) is 36.0 Å². The van der Waals surface area contributed by atoms with Crippen LogP contribution in [0.5, 0.6) is 23.0 Å². The summed E-state index contributed by atoms with van der Waals surface area (Å²) in [6, 6.07) is 25.0. The average Bonchev–Trinajstić information content (AvgIpc) is 4.05. The maximum absolute atomic E-state index is 14.0. The number of aromatic nitrogens is 1. The number of ether oxygens (including phenoxy) is 4. The number of thiophene rings is 1. The summed E-state index contributed by atoms with van der Waals surface area (Å²) in [5.74, 6) is 0.859. The molecule has 3 N–H and O–H groups in total. The van der Waals surface area contributed by atoms with E-state index in [2.05, 4.69) is 15.6 Å². The molecule has 15 heteroatoms. The molecule has 2 aromatic heterocycles. The van der Waals surface area contributed by atoms with Crippen molar-refractivity contribution in [3.05, 3.63) is 114 Å². The number of hydrogen-bond donors (Lipinski definition) is 3. The van der Waals surface area contributed by atoms with Crippen LogP contribution in [0.3, 0.4) is 0 Å². The third kappa shape index (κ3) is 12.3. The molecule has 0 spiro atoms. The van der Waals surface area contributed by atoms with Gasteiger partial charge in [-0.25, -0.2) is 9.37 Å². The zero-order chi connectivity index (χ0) is 46.8. The van der Waals surface area contributed by atoms with Crippen LogP contribution in [0, 0.1) is 18.2 Å². The summed E-state index contributed by atoms with van der Waals surface area (Å²) in [5, 5.41) is 16.9. The summed E-state index contributed by atoms with van der Waals surface area (Å²) in [6.45, 7) is 11.5. The predicted octanol–water partition coefficient (Wildman–Crippen LogP) is 10.2. The molecule has 1 fully saturated rings. The van der Waals surface area contributed by atoms with Crippen molar-refractivity contribution < 1.29 is 42.8 Å². The fourth-order valence-corrected chi connectivity index (χ4v) is 9.75. The molecule has 3 heterocycles. The van der Waals surface area contributed by atoms with E-state index in [0.717, 1.165) is 42.2 Å². The molecular formula is C51H57FN4O8S2. The Morgan fingerprint density at radius 1 is 0.864 bits per heavy atom. The number of phenolic OH excluding ortho intramolecular Hbond substituents is 1. The molecule has 1 aliphatic heterocycles. The number of nitrogens with zero attached hydrogens (tertiary/aromatic N) is 2. The second-order valence-electron chi connectivity index (χ2n) is 17.4. The van der Waals surface area contributed by atoms with Crippen LogP contribution in [0.25, 0.3) is 31.0 Å². The highest BCUT2D eigenvalue weighted by Gasteiger charge is 2.42. The van der Waals surface area contributed by atoms with Crippen LogP contribution in [-0.2, 0) is 23.9 Å². The number of aromatic hydroxyl groups is 1. The fraction of sp³-hybridized carbons (Fsp3) is 0.373. The van der Waals surface area contributed by atoms with Crippen molar-refractivity contribution in [1.29, 1.82) is 0 Å². The molecule has 0 unspecified atom stereocenters. The van der Waals surface area contributed by atoms with E-state index < -0.39 is 23.4 Å². The number of rotatable bonds is 20. The minimum Gasteiger partial charge on any atom is -0.508 e. The zero-order valence-electron chi connectivity index (χ0n) is 37.9. The number of benzene rings is 4. The van der Waals surface area contributed by atoms with Gasteiger partial charge in [-0.05, 0) is 110 Å². The molecule has 0 bridgehead atoms. The Morgan fingerprint density at radius 2 is 1.53 bits per heavy atom. The number of phenols is 1. The van der Waals surface area contributed by atoms with Crippen LogP contribution >= 0.6 is 22.7 Å². The van der Waals surface area contributed by atoms with Crippen LogP contribution in [0.15, 0.2) is 96.5 Å². The van der Waals surface area contributed by atoms with Crippen LogP contribution in [0.2, 0.25) is 0 Å². The monoisotopic (exact) mass is 936 g/mol. The minimum absolute atomic E-state index is 0.157. The Balaban J connectivity index is 0.786. The van der Waals surface area contributed by atoms with Crippen LogP contribution in [0.1, 0.15) is 70.7 Å². The fourth-order valence-electron chi connectivity index (χ4n) is 7.77. The van der Waals surface area contributed by atoms with Gasteiger partial charge in [0.05, 0.1) is 33.6 Å². The van der Waals surface area contributed by atoms with Crippen LogP contribution in [-0.4, -0.2) is 84.4 Å². The molecule has 0 radical (unpaired) electrons. The number of amides is 3. The Hall–Kier alpha value is -5.87. The highest BCUT2D eigenvalue weighted by Crippen LogP contribution is 2.47. The largest absolute Gasteiger partial charge is 0.508 e. The van der Waals surface area contributed by atoms with Gasteiger partial charge < -0.3 is 39.6 Å². The van der Waals surface area contributed by atoms with Gasteiger partial charge >= 0.3 is 0 Å². The van der Waals surface area contributed by atoms with Crippen molar-refractivity contribution in [3.8, 4) is 43.9 Å². The summed E-state index contributed by atoms with van der Waals surface area (Å²) in [7, 11) is 0. The topological polar surface area (TPSA) is 149 Å². The first kappa shape index (κ1) is 48.1. The molecule has 6 aromatic rings. The van der Waals surface area contributed by atoms with Gasteiger partial charge in [0, 0.05) is 42.9 Å². The average molecular weight is 937 g/mol. The lowest BCUT2D eigenvalue weighted by Gasteiger charge is -2.35. The number of aryl methyl sites for hydroxylation is 1. The lowest BCUT2D eigenvalue weighted by atomic mass is 9.85. The van der Waals surface area contributed by atoms with Gasteiger partial charge in [-0.1, -0.05) is 57.2 Å². The molecule has 0 saturated carbocycles. The Bertz CT molecular complexity index is 2570. The number of likely N-dealkylation sites (tertiary alicyclic amines) is 1. The van der Waals surface area contributed by atoms with Crippen molar-refractivity contribution in [2.75, 3.05) is 39.6 Å². The smallest absolute Gasteiger partial charge is 0.246 e. The SMILES string of the molecule is Cc1ncsc1-c1ccc([C@H](C)NC(=O)[C@@H]2CCCN2C(=O)[C@@H](NC(=O)COCCCOCCCOc2ccc(Oc3c(-c4ccc(F)cc4)sc4cc(O)ccc34)cc2)C(C)(C)C)cc1. The van der Waals surface area contributed by atoms with Crippen molar-refractivity contribution >= 4 is 50.5 Å². The molecule has 3 amide bonds. The molecule has 348 valence electrons. The van der Waals surface area contributed by atoms with E-state index in [9.17, 15) is 23.9 Å². The predicted molar refractivity (Wildman–Crippen MR) is 257 cm³/mol. The second kappa shape index (κ2) is 22.1. The summed E-state index contributed by atoms with van der Waals surface area (Å²) in [4.78, 5) is 48.5. The summed E-state index contributed by atoms with van der Waals surface area (Å²) in [6.07, 6.45) is 2.49. The molecule has 66 heavy (non-hydrogen) atoms. The van der Waals surface area contributed by atoms with Gasteiger partial charge in [0.25, 0.3) is 0 Å². The first-order valence-corrected chi connectivity index (χ1v) is 23.9. The number of fused-ring (bicyclic) bond motifs is 1. The van der Waals surface area contributed by atoms with E-state index in [4.69, 9.17) is 18.9 Å². The summed E-state index contributed by atoms with van der Waals surface area (Å²) in [5.41, 5.74) is 5.06. The van der Waals surface area contributed by atoms with E-state index in [1.165, 1.54) is 23.5 Å². The van der Waals surface area contributed by atoms with Gasteiger partial charge in [-0.2, -0.15) is 0 Å². The lowest BCUT2D eigenvalue weighted by Crippen LogP contribution is -2.58. The van der Waals surface area contributed by atoms with Gasteiger partial charge in [-0.3, -0.25) is 14.4 Å². The summed E-state index contributed by atoms with van der Waals surface area (Å²) < 4.78 is 38.2. The Morgan fingerprint density at radius 3 is 2.23 bits per heavy atom. The molecule has 1 saturated heterocycles. The van der Waals surface area contributed by atoms with Crippen molar-refractivity contribution in [1.82, 2.24) is 20.5 Å². The number of hydrogen-bond acceptors (Lipinski definition) is 11. The van der Waals surface area contributed by atoms with E-state index in [1.54, 1.807) is 40.5 Å². The first-order chi connectivity index (χ1) is 31.7. The standard InChI is InChI=1S/C51H57FN4O8S2/c1-32(34-10-12-35(13-11-34)46-33(2)53-31-65-46)54-49(59)42-9-6-24-56(42)50(60)48(51(3,4)5)55-44(58)30-62-27-7-25-61-26-8-28-63-39-19-21-40(22-20-39)64-45-41-23-18-38(57)29-43(41)66-47(45)36-14-16-37(52)17-15-36/h10-23,29,31-32,42,48,57H,6-9,24-28,30H2,1-5H3,(H,54,59)(H,55,58)/t32-,42-,48+/m0/s1. The van der Waals surface area contributed by atoms with Gasteiger partial charge in [-0.15, -0.1) is 22.7 Å². The minimum atomic E-state index is -0.843. The molecule has 3 atom stereocenters. The van der Waals surface area contributed by atoms with Crippen molar-refractivity contribution in [3.63, 3.8) is 0 Å². The van der Waals surface area contributed by atoms with Gasteiger partial charge in [0.15, 0.2) is 5.75 Å². The molecule has 7 rings (SSSR count). The number of carbonyl (C=O) groups is 3. The molecule has 0 aliphatic carbocycles. The number of carbonyl (C=O) groups excluding carboxylic acids is 3. The normalized spacial score (nSPS) is 14.8. The summed E-state index contributed by atoms with van der Waals surface area (Å²) >= 11 is 3.06. The third-order valence-electron chi connectivity index (χ3n) is 11.3. The molecule has 4 aromatic carbocycles. The number of thiazole rings is 1. The van der Waals surface area contributed by atoms with Crippen LogP contribution in [0.4, 0.5) is 4.39 Å². The van der Waals surface area contributed by atoms with Crippen molar-refractivity contribution in [2.24, 2.45) is 5.41 Å². The highest BCUT2D eigenvalue weighted by atomic mass is 32.1. The van der Waals surface area contributed by atoms with Crippen LogP contribution < -0.4 is 20.1 Å². The Labute approximate surface area is 393 Å². The number of halogens is 1. The van der Waals surface area contributed by atoms with Crippen molar-refractivity contribution in [2.45, 2.75) is 78.4 Å². The number of nitrogens with one attached hydrogen (secondary N) is 2. The lowest BCUT2D eigenvalue weighted by molar-refractivity contribution is -0.144. The van der Waals surface area contributed by atoms with Gasteiger partial charge in [0.2, 0.25) is 17.7 Å². The van der Waals surface area contributed by atoms with E-state index >= 15 is 0 Å². The zero-order valence-corrected chi connectivity index (χ0v) is 39.6. The maximum atomic E-state index is 14.0. The molecular weight excluding hydrogens is 880 g/mol. The highest BCUT2D eigenvalue weighted by molar-refractivity contribution is 7.22. The molecule has 1 aliphatic rings. The van der Waals surface area contributed by atoms with E-state index in [1.807, 2.05) is 94.7 Å². The Kier molecular flexibility index (Phi) is 16.1. The third-order valence-corrected chi connectivity index (χ3v) is 13.5.